The van der Waals surface area contributed by atoms with Crippen molar-refractivity contribution in [2.75, 3.05) is 13.1 Å². The molecule has 2 rings (SSSR count). The fourth-order valence-electron chi connectivity index (χ4n) is 2.91. The first-order chi connectivity index (χ1) is 11.5. The van der Waals surface area contributed by atoms with Gasteiger partial charge >= 0.3 is 0 Å². The van der Waals surface area contributed by atoms with Crippen LogP contribution in [-0.2, 0) is 4.79 Å². The van der Waals surface area contributed by atoms with Crippen molar-refractivity contribution >= 4 is 5.91 Å². The Balaban J connectivity index is 1.80. The Morgan fingerprint density at radius 1 is 1.21 bits per heavy atom. The first-order valence-electron chi connectivity index (χ1n) is 9.33. The summed E-state index contributed by atoms with van der Waals surface area (Å²) in [5, 5.41) is 10.1. The molecule has 1 saturated heterocycles. The van der Waals surface area contributed by atoms with E-state index >= 15 is 0 Å². The van der Waals surface area contributed by atoms with E-state index < -0.39 is 0 Å². The van der Waals surface area contributed by atoms with Gasteiger partial charge in [0, 0.05) is 25.2 Å². The first kappa shape index (κ1) is 18.9. The Bertz CT molecular complexity index is 503. The zero-order chi connectivity index (χ0) is 17.5. The van der Waals surface area contributed by atoms with Gasteiger partial charge in [0.15, 0.2) is 0 Å². The van der Waals surface area contributed by atoms with E-state index in [0.717, 1.165) is 25.9 Å². The van der Waals surface area contributed by atoms with E-state index in [4.69, 9.17) is 0 Å². The van der Waals surface area contributed by atoms with Gasteiger partial charge in [0.05, 0.1) is 6.04 Å². The van der Waals surface area contributed by atoms with Gasteiger partial charge in [0.25, 0.3) is 0 Å². The summed E-state index contributed by atoms with van der Waals surface area (Å²) in [7, 11) is 0. The zero-order valence-corrected chi connectivity index (χ0v) is 15.5. The van der Waals surface area contributed by atoms with E-state index in [0.29, 0.717) is 23.9 Å². The largest absolute Gasteiger partial charge is 0.354 e. The number of rotatable bonds is 10. The summed E-state index contributed by atoms with van der Waals surface area (Å²) >= 11 is 0. The highest BCUT2D eigenvalue weighted by Crippen LogP contribution is 2.28. The highest BCUT2D eigenvalue weighted by molar-refractivity contribution is 5.81. The molecule has 0 aromatic heterocycles. The molecule has 4 heteroatoms. The van der Waals surface area contributed by atoms with Crippen molar-refractivity contribution in [2.45, 2.75) is 58.7 Å². The number of hydrogen-bond donors (Lipinski definition) is 3. The molecule has 24 heavy (non-hydrogen) atoms. The molecule has 134 valence electrons. The second-order valence-corrected chi connectivity index (χ2v) is 7.51. The molecule has 0 spiro atoms. The average molecular weight is 332 g/mol. The van der Waals surface area contributed by atoms with Gasteiger partial charge in [-0.2, -0.15) is 0 Å². The summed E-state index contributed by atoms with van der Waals surface area (Å²) in [4.78, 5) is 12.5. The van der Waals surface area contributed by atoms with Crippen LogP contribution in [0.15, 0.2) is 30.3 Å². The number of benzene rings is 1. The summed E-state index contributed by atoms with van der Waals surface area (Å²) in [6.07, 6.45) is 1.96. The molecule has 3 unspecified atom stereocenters. The molecule has 0 bridgehead atoms. The van der Waals surface area contributed by atoms with Crippen LogP contribution < -0.4 is 16.0 Å². The van der Waals surface area contributed by atoms with Crippen LogP contribution in [0.3, 0.4) is 0 Å². The van der Waals surface area contributed by atoms with Gasteiger partial charge in [-0.15, -0.1) is 0 Å². The number of amides is 1. The molecule has 1 aromatic rings. The highest BCUT2D eigenvalue weighted by atomic mass is 16.2. The number of hydrogen-bond acceptors (Lipinski definition) is 3. The Morgan fingerprint density at radius 2 is 1.92 bits per heavy atom. The summed E-state index contributed by atoms with van der Waals surface area (Å²) in [5.41, 5.74) is 1.32. The molecule has 1 aromatic carbocycles. The molecular weight excluding hydrogens is 298 g/mol. The van der Waals surface area contributed by atoms with Gasteiger partial charge < -0.3 is 16.0 Å². The third-order valence-corrected chi connectivity index (χ3v) is 4.78. The lowest BCUT2D eigenvalue weighted by molar-refractivity contribution is -0.123. The van der Waals surface area contributed by atoms with Gasteiger partial charge in [-0.3, -0.25) is 4.79 Å². The number of nitrogens with one attached hydrogen (secondary N) is 3. The molecule has 1 fully saturated rings. The lowest BCUT2D eigenvalue weighted by Gasteiger charge is -2.21. The summed E-state index contributed by atoms with van der Waals surface area (Å²) in [6.45, 7) is 10.2. The number of carbonyl (C=O) groups excluding carboxylic acids is 1. The smallest absolute Gasteiger partial charge is 0.237 e. The van der Waals surface area contributed by atoms with Gasteiger partial charge in [-0.25, -0.2) is 0 Å². The standard InChI is InChI=1S/C20H33N3O/c1-5-15(4)12-22-20(24)17(11-14(2)3)21-13-18-19(23-18)16-9-7-6-8-10-16/h6-10,14-15,17-19,21,23H,5,11-13H2,1-4H3,(H,22,24)/t15?,17-,18?,19?/m0/s1. The van der Waals surface area contributed by atoms with Crippen LogP contribution in [0, 0.1) is 11.8 Å². The van der Waals surface area contributed by atoms with Crippen LogP contribution in [0.5, 0.6) is 0 Å². The average Bonchev–Trinajstić information content (AvgIpc) is 3.36. The van der Waals surface area contributed by atoms with E-state index in [2.05, 4.69) is 67.9 Å². The summed E-state index contributed by atoms with van der Waals surface area (Å²) in [6, 6.07) is 11.2. The third kappa shape index (κ3) is 5.91. The quantitative estimate of drug-likeness (QED) is 0.578. The van der Waals surface area contributed by atoms with E-state index in [1.54, 1.807) is 0 Å². The first-order valence-corrected chi connectivity index (χ1v) is 9.33. The molecule has 1 aliphatic heterocycles. The third-order valence-electron chi connectivity index (χ3n) is 4.78. The zero-order valence-electron chi connectivity index (χ0n) is 15.5. The van der Waals surface area contributed by atoms with Gasteiger partial charge in [-0.1, -0.05) is 64.4 Å². The maximum absolute atomic E-state index is 12.5. The predicted molar refractivity (Wildman–Crippen MR) is 99.8 cm³/mol. The van der Waals surface area contributed by atoms with Gasteiger partial charge in [0.2, 0.25) is 5.91 Å². The predicted octanol–water partition coefficient (Wildman–Crippen LogP) is 2.87. The molecule has 1 amide bonds. The summed E-state index contributed by atoms with van der Waals surface area (Å²) in [5.74, 6) is 1.16. The van der Waals surface area contributed by atoms with Crippen LogP contribution in [0.25, 0.3) is 0 Å². The lowest BCUT2D eigenvalue weighted by atomic mass is 10.0. The Kier molecular flexibility index (Phi) is 7.25. The van der Waals surface area contributed by atoms with Crippen molar-refractivity contribution in [3.05, 3.63) is 35.9 Å². The molecule has 0 saturated carbocycles. The molecule has 4 atom stereocenters. The molecule has 1 aliphatic rings. The normalized spacial score (nSPS) is 22.2. The van der Waals surface area contributed by atoms with Crippen molar-refractivity contribution in [3.63, 3.8) is 0 Å². The second kappa shape index (κ2) is 9.19. The van der Waals surface area contributed by atoms with Crippen molar-refractivity contribution in [3.8, 4) is 0 Å². The minimum absolute atomic E-state index is 0.104. The van der Waals surface area contributed by atoms with Crippen LogP contribution in [0.4, 0.5) is 0 Å². The summed E-state index contributed by atoms with van der Waals surface area (Å²) < 4.78 is 0. The van der Waals surface area contributed by atoms with Crippen molar-refractivity contribution in [2.24, 2.45) is 11.8 Å². The Morgan fingerprint density at radius 3 is 2.54 bits per heavy atom. The van der Waals surface area contributed by atoms with Crippen LogP contribution in [0.1, 0.15) is 52.1 Å². The topological polar surface area (TPSA) is 63.1 Å². The minimum atomic E-state index is -0.104. The monoisotopic (exact) mass is 331 g/mol. The van der Waals surface area contributed by atoms with E-state index in [9.17, 15) is 4.79 Å². The molecular formula is C20H33N3O. The maximum Gasteiger partial charge on any atom is 0.237 e. The van der Waals surface area contributed by atoms with Gasteiger partial charge in [-0.05, 0) is 23.8 Å². The SMILES string of the molecule is CCC(C)CNC(=O)[C@H](CC(C)C)NCC1NC1c1ccccc1. The fourth-order valence-corrected chi connectivity index (χ4v) is 2.91. The van der Waals surface area contributed by atoms with E-state index in [-0.39, 0.29) is 11.9 Å². The molecule has 4 nitrogen and oxygen atoms in total. The molecule has 0 aliphatic carbocycles. The Labute approximate surface area is 146 Å². The van der Waals surface area contributed by atoms with Crippen molar-refractivity contribution < 1.29 is 4.79 Å². The van der Waals surface area contributed by atoms with Crippen molar-refractivity contribution in [1.29, 1.82) is 0 Å². The lowest BCUT2D eigenvalue weighted by Crippen LogP contribution is -2.47. The van der Waals surface area contributed by atoms with Crippen molar-refractivity contribution in [1.82, 2.24) is 16.0 Å². The van der Waals surface area contributed by atoms with Gasteiger partial charge in [0.1, 0.15) is 0 Å². The van der Waals surface area contributed by atoms with Crippen LogP contribution in [0.2, 0.25) is 0 Å². The van der Waals surface area contributed by atoms with E-state index in [1.165, 1.54) is 5.56 Å². The van der Waals surface area contributed by atoms with Crippen LogP contribution >= 0.6 is 0 Å². The maximum atomic E-state index is 12.5. The highest BCUT2D eigenvalue weighted by Gasteiger charge is 2.37. The molecule has 0 radical (unpaired) electrons. The molecule has 1 heterocycles. The second-order valence-electron chi connectivity index (χ2n) is 7.51. The number of carbonyl (C=O) groups is 1. The van der Waals surface area contributed by atoms with E-state index in [1.807, 2.05) is 6.07 Å². The minimum Gasteiger partial charge on any atom is -0.354 e. The Hall–Kier alpha value is -1.39. The molecule has 3 N–H and O–H groups in total. The van der Waals surface area contributed by atoms with Crippen LogP contribution in [-0.4, -0.2) is 31.1 Å². The fraction of sp³-hybridized carbons (Fsp3) is 0.650.